The van der Waals surface area contributed by atoms with Gasteiger partial charge >= 0.3 is 5.97 Å². The van der Waals surface area contributed by atoms with Crippen LogP contribution in [0, 0.1) is 0 Å². The van der Waals surface area contributed by atoms with Gasteiger partial charge in [-0.15, -0.1) is 0 Å². The Morgan fingerprint density at radius 3 is 2.43 bits per heavy atom. The van der Waals surface area contributed by atoms with Crippen LogP contribution in [0.5, 0.6) is 0 Å². The second-order valence-corrected chi connectivity index (χ2v) is 5.41. The monoisotopic (exact) mass is 337 g/mol. The number of hydrogen-bond acceptors (Lipinski definition) is 4. The van der Waals surface area contributed by atoms with Gasteiger partial charge in [-0.2, -0.15) is 4.42 Å². The molecule has 1 aliphatic rings. The first-order chi connectivity index (χ1) is 10.9. The van der Waals surface area contributed by atoms with Crippen LogP contribution in [0.3, 0.4) is 0 Å². The number of nitrogens with one attached hydrogen (secondary N) is 1. The number of carboxylic acid groups (broad SMARTS) is 1. The quantitative estimate of drug-likeness (QED) is 0.578. The Labute approximate surface area is 137 Å². The van der Waals surface area contributed by atoms with E-state index >= 15 is 0 Å². The van der Waals surface area contributed by atoms with Crippen LogP contribution < -0.4 is 5.73 Å². The molecule has 0 radical (unpaired) electrons. The summed E-state index contributed by atoms with van der Waals surface area (Å²) in [6.07, 6.45) is 2.69. The number of carboxylic acids is 1. The Bertz CT molecular complexity index is 727. The molecule has 2 amide bonds. The van der Waals surface area contributed by atoms with Gasteiger partial charge in [0.2, 0.25) is 11.8 Å². The van der Waals surface area contributed by atoms with Crippen molar-refractivity contribution in [3.8, 4) is 0 Å². The van der Waals surface area contributed by atoms with Gasteiger partial charge in [-0.05, 0) is 11.6 Å². The molecule has 0 saturated carbocycles. The number of imide groups is 1. The third-order valence-electron chi connectivity index (χ3n) is 3.42. The van der Waals surface area contributed by atoms with E-state index in [1.165, 1.54) is 0 Å². The van der Waals surface area contributed by atoms with E-state index in [0.717, 1.165) is 16.5 Å². The molecule has 4 N–H and O–H groups in total. The van der Waals surface area contributed by atoms with Gasteiger partial charge in [-0.1, -0.05) is 18.2 Å². The minimum Gasteiger partial charge on any atom is -0.480 e. The molecule has 1 fully saturated rings. The smallest absolute Gasteiger partial charge is 0.320 e. The molecule has 2 aromatic rings. The Morgan fingerprint density at radius 2 is 1.91 bits per heavy atom. The number of amides is 2. The van der Waals surface area contributed by atoms with Crippen LogP contribution in [0.2, 0.25) is 0 Å². The summed E-state index contributed by atoms with van der Waals surface area (Å²) in [7, 11) is 0. The predicted octanol–water partition coefficient (Wildman–Crippen LogP) is 1.41. The van der Waals surface area contributed by atoms with E-state index in [4.69, 9.17) is 22.6 Å². The molecule has 2 heterocycles. The summed E-state index contributed by atoms with van der Waals surface area (Å²) in [5, 5.41) is 9.75. The van der Waals surface area contributed by atoms with Crippen LogP contribution in [-0.2, 0) is 20.8 Å². The minimum absolute atomic E-state index is 0.266. The van der Waals surface area contributed by atoms with Gasteiger partial charge in [0.15, 0.2) is 0 Å². The maximum Gasteiger partial charge on any atom is 0.320 e. The average Bonchev–Trinajstić information content (AvgIpc) is 3.07. The van der Waals surface area contributed by atoms with E-state index in [1.807, 2.05) is 30.5 Å². The molecule has 1 atom stereocenters. The van der Waals surface area contributed by atoms with Crippen molar-refractivity contribution >= 4 is 40.5 Å². The van der Waals surface area contributed by atoms with E-state index in [9.17, 15) is 14.4 Å². The predicted molar refractivity (Wildman–Crippen MR) is 84.6 cm³/mol. The SMILES string of the molecule is NC(Cc1c[nH]c2ccccc12)C(=O)O.O=C1CCC(=O)N1Cl. The topological polar surface area (TPSA) is 116 Å². The number of aromatic amines is 1. The maximum atomic E-state index is 10.6. The van der Waals surface area contributed by atoms with Gasteiger partial charge < -0.3 is 15.8 Å². The van der Waals surface area contributed by atoms with Crippen molar-refractivity contribution in [2.24, 2.45) is 5.73 Å². The molecule has 1 aromatic heterocycles. The zero-order chi connectivity index (χ0) is 17.0. The molecule has 23 heavy (non-hydrogen) atoms. The second-order valence-electron chi connectivity index (χ2n) is 5.08. The highest BCUT2D eigenvalue weighted by atomic mass is 35.5. The number of benzene rings is 1. The Morgan fingerprint density at radius 1 is 1.30 bits per heavy atom. The van der Waals surface area contributed by atoms with E-state index in [0.29, 0.717) is 10.8 Å². The second kappa shape index (κ2) is 7.26. The molecule has 1 unspecified atom stereocenters. The van der Waals surface area contributed by atoms with Crippen LogP contribution in [0.25, 0.3) is 10.9 Å². The average molecular weight is 338 g/mol. The molecular formula is C15H16ClN3O4. The van der Waals surface area contributed by atoms with Crippen LogP contribution in [0.1, 0.15) is 18.4 Å². The largest absolute Gasteiger partial charge is 0.480 e. The maximum absolute atomic E-state index is 10.6. The summed E-state index contributed by atoms with van der Waals surface area (Å²) in [5.74, 6) is -1.56. The highest BCUT2D eigenvalue weighted by Gasteiger charge is 2.26. The Balaban J connectivity index is 0.000000203. The van der Waals surface area contributed by atoms with Crippen molar-refractivity contribution in [3.63, 3.8) is 0 Å². The first kappa shape index (κ1) is 17.0. The van der Waals surface area contributed by atoms with Crippen molar-refractivity contribution in [2.45, 2.75) is 25.3 Å². The lowest BCUT2D eigenvalue weighted by atomic mass is 10.1. The summed E-state index contributed by atoms with van der Waals surface area (Å²) < 4.78 is 0.639. The first-order valence-electron chi connectivity index (χ1n) is 6.95. The van der Waals surface area contributed by atoms with Crippen molar-refractivity contribution in [1.29, 1.82) is 0 Å². The number of nitrogens with two attached hydrogens (primary N) is 1. The van der Waals surface area contributed by atoms with Crippen molar-refractivity contribution in [1.82, 2.24) is 9.40 Å². The lowest BCUT2D eigenvalue weighted by molar-refractivity contribution is -0.138. The Hall–Kier alpha value is -2.38. The van der Waals surface area contributed by atoms with Crippen molar-refractivity contribution in [3.05, 3.63) is 36.0 Å². The molecular weight excluding hydrogens is 322 g/mol. The molecule has 8 heteroatoms. The summed E-state index contributed by atoms with van der Waals surface area (Å²) in [4.78, 5) is 34.4. The Kier molecular flexibility index (Phi) is 5.36. The van der Waals surface area contributed by atoms with Gasteiger partial charge in [-0.25, -0.2) is 0 Å². The molecule has 3 rings (SSSR count). The first-order valence-corrected chi connectivity index (χ1v) is 7.29. The molecule has 7 nitrogen and oxygen atoms in total. The number of para-hydroxylation sites is 1. The zero-order valence-corrected chi connectivity index (χ0v) is 12.9. The summed E-state index contributed by atoms with van der Waals surface area (Å²) >= 11 is 5.15. The summed E-state index contributed by atoms with van der Waals surface area (Å²) in [6.45, 7) is 0. The van der Waals surface area contributed by atoms with Crippen LogP contribution in [-0.4, -0.2) is 38.3 Å². The van der Waals surface area contributed by atoms with Crippen LogP contribution in [0.4, 0.5) is 0 Å². The molecule has 1 aromatic carbocycles. The fourth-order valence-electron chi connectivity index (χ4n) is 2.17. The molecule has 0 spiro atoms. The highest BCUT2D eigenvalue weighted by Crippen LogP contribution is 2.18. The number of aliphatic carboxylic acids is 1. The standard InChI is InChI=1S/C11H12N2O2.C4H4ClNO2/c12-9(11(14)15)5-7-6-13-10-4-2-1-3-8(7)10;5-6-3(7)1-2-4(6)8/h1-4,6,9,13H,5,12H2,(H,14,15);1-2H2. The van der Waals surface area contributed by atoms with Gasteiger partial charge in [0.05, 0.1) is 0 Å². The molecule has 1 saturated heterocycles. The molecule has 122 valence electrons. The number of halogens is 1. The number of hydrogen-bond donors (Lipinski definition) is 3. The normalized spacial score (nSPS) is 15.5. The van der Waals surface area contributed by atoms with Gasteiger partial charge in [-0.3, -0.25) is 14.4 Å². The number of fused-ring (bicyclic) bond motifs is 1. The van der Waals surface area contributed by atoms with Crippen molar-refractivity contribution in [2.75, 3.05) is 0 Å². The van der Waals surface area contributed by atoms with E-state index in [1.54, 1.807) is 0 Å². The number of carbonyl (C=O) groups excluding carboxylic acids is 2. The summed E-state index contributed by atoms with van der Waals surface area (Å²) in [6, 6.07) is 6.91. The fraction of sp³-hybridized carbons (Fsp3) is 0.267. The third-order valence-corrected chi connectivity index (χ3v) is 3.80. The van der Waals surface area contributed by atoms with Crippen LogP contribution in [0.15, 0.2) is 30.5 Å². The number of aromatic nitrogens is 1. The number of nitrogens with zero attached hydrogens (tertiary/aromatic N) is 1. The molecule has 0 bridgehead atoms. The van der Waals surface area contributed by atoms with Crippen LogP contribution >= 0.6 is 11.8 Å². The van der Waals surface area contributed by atoms with Gasteiger partial charge in [0.25, 0.3) is 0 Å². The third kappa shape index (κ3) is 4.08. The van der Waals surface area contributed by atoms with E-state index in [-0.39, 0.29) is 24.7 Å². The fourth-order valence-corrected chi connectivity index (χ4v) is 2.34. The van der Waals surface area contributed by atoms with Gasteiger partial charge in [0, 0.05) is 48.1 Å². The lowest BCUT2D eigenvalue weighted by Crippen LogP contribution is -2.32. The highest BCUT2D eigenvalue weighted by molar-refractivity contribution is 6.32. The number of carbonyl (C=O) groups is 3. The molecule has 1 aliphatic heterocycles. The lowest BCUT2D eigenvalue weighted by Gasteiger charge is -2.04. The molecule has 0 aliphatic carbocycles. The van der Waals surface area contributed by atoms with E-state index in [2.05, 4.69) is 4.98 Å². The zero-order valence-electron chi connectivity index (χ0n) is 12.2. The minimum atomic E-state index is -0.972. The summed E-state index contributed by atoms with van der Waals surface area (Å²) in [5.41, 5.74) is 7.43. The number of rotatable bonds is 3. The van der Waals surface area contributed by atoms with E-state index < -0.39 is 12.0 Å². The van der Waals surface area contributed by atoms with Gasteiger partial charge in [0.1, 0.15) is 6.04 Å². The number of H-pyrrole nitrogens is 1. The van der Waals surface area contributed by atoms with Crippen molar-refractivity contribution < 1.29 is 19.5 Å².